The molecular weight excluding hydrogens is 500 g/mol. The molecule has 198 valence electrons. The number of hydrogen-bond donors (Lipinski definition) is 2. The zero-order chi connectivity index (χ0) is 27.3. The summed E-state index contributed by atoms with van der Waals surface area (Å²) in [5.41, 5.74) is 10.1. The van der Waals surface area contributed by atoms with Gasteiger partial charge >= 0.3 is 0 Å². The lowest BCUT2D eigenvalue weighted by atomic mass is 10.00. The fourth-order valence-electron chi connectivity index (χ4n) is 5.23. The van der Waals surface area contributed by atoms with E-state index in [1.807, 2.05) is 29.6 Å². The molecule has 2 aromatic carbocycles. The van der Waals surface area contributed by atoms with Crippen LogP contribution < -0.4 is 11.1 Å². The van der Waals surface area contributed by atoms with Gasteiger partial charge in [-0.05, 0) is 55.8 Å². The third-order valence-corrected chi connectivity index (χ3v) is 7.49. The maximum absolute atomic E-state index is 14.7. The van der Waals surface area contributed by atoms with Crippen molar-refractivity contribution in [2.24, 2.45) is 17.8 Å². The van der Waals surface area contributed by atoms with Crippen molar-refractivity contribution in [1.82, 2.24) is 19.4 Å². The number of likely N-dealkylation sites (tertiary alicyclic amines) is 1. The summed E-state index contributed by atoms with van der Waals surface area (Å²) in [6.07, 6.45) is 4.28. The van der Waals surface area contributed by atoms with Gasteiger partial charge in [0.1, 0.15) is 11.6 Å². The van der Waals surface area contributed by atoms with Gasteiger partial charge in [0.15, 0.2) is 0 Å². The summed E-state index contributed by atoms with van der Waals surface area (Å²) in [6.45, 7) is 2.79. The van der Waals surface area contributed by atoms with Crippen molar-refractivity contribution in [2.75, 3.05) is 11.9 Å². The maximum Gasteiger partial charge on any atom is 0.254 e. The Morgan fingerprint density at radius 1 is 1.10 bits per heavy atom. The van der Waals surface area contributed by atoms with Crippen molar-refractivity contribution in [3.05, 3.63) is 94.8 Å². The highest BCUT2D eigenvalue weighted by atomic mass is 19.1. The molecule has 2 unspecified atom stereocenters. The van der Waals surface area contributed by atoms with Gasteiger partial charge in [0, 0.05) is 60.4 Å². The Labute approximate surface area is 224 Å². The first kappa shape index (κ1) is 24.9. The van der Waals surface area contributed by atoms with Crippen LogP contribution in [0.5, 0.6) is 0 Å². The number of nitrogens with one attached hydrogen (secondary N) is 1. The minimum Gasteiger partial charge on any atom is -0.349 e. The van der Waals surface area contributed by atoms with Crippen molar-refractivity contribution in [3.8, 4) is 11.4 Å². The predicted octanol–water partition coefficient (Wildman–Crippen LogP) is 4.42. The van der Waals surface area contributed by atoms with Crippen molar-refractivity contribution in [3.63, 3.8) is 0 Å². The number of aryl methyl sites for hydroxylation is 1. The summed E-state index contributed by atoms with van der Waals surface area (Å²) in [5.74, 6) is -1.04. The molecule has 39 heavy (non-hydrogen) atoms. The van der Waals surface area contributed by atoms with Gasteiger partial charge < -0.3 is 20.5 Å². The topological polar surface area (TPSA) is 101 Å². The number of aromatic nitrogens is 3. The lowest BCUT2D eigenvalue weighted by molar-refractivity contribution is 0.0742. The Kier molecular flexibility index (Phi) is 6.19. The van der Waals surface area contributed by atoms with Gasteiger partial charge in [0.2, 0.25) is 5.95 Å². The Hall–Kier alpha value is -4.44. The molecule has 3 N–H and O–H groups in total. The number of fused-ring (bicyclic) bond motifs is 3. The number of benzene rings is 2. The van der Waals surface area contributed by atoms with Crippen molar-refractivity contribution >= 4 is 23.3 Å². The number of anilines is 2. The summed E-state index contributed by atoms with van der Waals surface area (Å²) >= 11 is 0. The van der Waals surface area contributed by atoms with Gasteiger partial charge in [-0.2, -0.15) is 0 Å². The van der Waals surface area contributed by atoms with Crippen LogP contribution >= 0.6 is 0 Å². The average Bonchev–Trinajstić information content (AvgIpc) is 3.42. The van der Waals surface area contributed by atoms with E-state index in [0.29, 0.717) is 40.7 Å². The second kappa shape index (κ2) is 9.70. The first-order valence-electron chi connectivity index (χ1n) is 12.8. The molecule has 0 saturated carbocycles. The average molecular weight is 528 g/mol. The summed E-state index contributed by atoms with van der Waals surface area (Å²) < 4.78 is 31.3. The highest BCUT2D eigenvalue weighted by Gasteiger charge is 2.32. The van der Waals surface area contributed by atoms with Crippen molar-refractivity contribution in [1.29, 1.82) is 0 Å². The van der Waals surface area contributed by atoms with E-state index >= 15 is 0 Å². The Balaban J connectivity index is 1.29. The number of rotatable bonds is 4. The van der Waals surface area contributed by atoms with Gasteiger partial charge in [-0.3, -0.25) is 9.79 Å². The molecule has 0 radical (unpaired) electrons. The zero-order valence-corrected chi connectivity index (χ0v) is 21.5. The largest absolute Gasteiger partial charge is 0.349 e. The van der Waals surface area contributed by atoms with Crippen LogP contribution in [0.25, 0.3) is 11.4 Å². The van der Waals surface area contributed by atoms with Crippen LogP contribution in [0.3, 0.4) is 0 Å². The van der Waals surface area contributed by atoms with E-state index in [9.17, 15) is 13.6 Å². The molecule has 1 saturated heterocycles. The van der Waals surface area contributed by atoms with E-state index in [4.69, 9.17) is 10.7 Å². The first-order valence-corrected chi connectivity index (χ1v) is 12.8. The maximum atomic E-state index is 14.7. The molecule has 4 heterocycles. The summed E-state index contributed by atoms with van der Waals surface area (Å²) in [6, 6.07) is 12.7. The van der Waals surface area contributed by atoms with E-state index in [0.717, 1.165) is 12.0 Å². The molecule has 10 heteroatoms. The zero-order valence-electron chi connectivity index (χ0n) is 21.5. The number of nitrogens with two attached hydrogens (primary N) is 1. The third-order valence-electron chi connectivity index (χ3n) is 7.49. The minimum absolute atomic E-state index is 0.00258. The number of halogens is 2. The van der Waals surface area contributed by atoms with Crippen molar-refractivity contribution in [2.45, 2.75) is 32.0 Å². The van der Waals surface area contributed by atoms with Crippen LogP contribution in [0, 0.1) is 11.6 Å². The van der Waals surface area contributed by atoms with Crippen LogP contribution in [0.2, 0.25) is 0 Å². The fourth-order valence-corrected chi connectivity index (χ4v) is 5.23. The smallest absolute Gasteiger partial charge is 0.254 e. The van der Waals surface area contributed by atoms with E-state index in [1.165, 1.54) is 18.2 Å². The Bertz CT molecular complexity index is 1590. The quantitative estimate of drug-likeness (QED) is 0.409. The molecule has 2 aromatic heterocycles. The summed E-state index contributed by atoms with van der Waals surface area (Å²) in [5, 5.41) is 3.20. The van der Waals surface area contributed by atoms with Gasteiger partial charge in [0.05, 0.1) is 29.2 Å². The van der Waals surface area contributed by atoms with Gasteiger partial charge in [-0.15, -0.1) is 0 Å². The second-order valence-electron chi connectivity index (χ2n) is 9.91. The molecule has 0 aliphatic carbocycles. The minimum atomic E-state index is -0.674. The number of hydrogen-bond acceptors (Lipinski definition) is 6. The normalized spacial score (nSPS) is 18.3. The molecule has 4 aromatic rings. The number of aliphatic imine (C=N–C) groups is 1. The van der Waals surface area contributed by atoms with Gasteiger partial charge in [-0.25, -0.2) is 18.7 Å². The molecular formula is C29H27F2N7O. The van der Waals surface area contributed by atoms with E-state index in [2.05, 4.69) is 15.3 Å². The molecule has 8 nitrogen and oxygen atoms in total. The lowest BCUT2D eigenvalue weighted by Gasteiger charge is -2.23. The van der Waals surface area contributed by atoms with Gasteiger partial charge in [-0.1, -0.05) is 6.07 Å². The van der Waals surface area contributed by atoms with Crippen LogP contribution in [0.4, 0.5) is 20.4 Å². The molecule has 1 amide bonds. The third kappa shape index (κ3) is 4.36. The molecule has 0 spiro atoms. The monoisotopic (exact) mass is 527 g/mol. The van der Waals surface area contributed by atoms with Gasteiger partial charge in [0.25, 0.3) is 5.91 Å². The van der Waals surface area contributed by atoms with Crippen LogP contribution in [-0.2, 0) is 13.6 Å². The highest BCUT2D eigenvalue weighted by molar-refractivity contribution is 6.16. The number of carbonyl (C=O) groups excluding carboxylic acids is 1. The molecule has 2 aliphatic rings. The second-order valence-corrected chi connectivity index (χ2v) is 9.91. The number of amides is 1. The van der Waals surface area contributed by atoms with Crippen LogP contribution in [0.1, 0.15) is 40.4 Å². The number of carbonyl (C=O) groups is 1. The number of nitrogens with zero attached hydrogens (tertiary/aromatic N) is 5. The highest BCUT2D eigenvalue weighted by Crippen LogP contribution is 2.33. The Morgan fingerprint density at radius 3 is 2.54 bits per heavy atom. The standard InChI is InChI=1S/C29H27F2N7O/c1-16-23(32)11-13-38(16)28(39)17-6-8-19(9-7-17)35-29-34-15-18-14-33-26(24-21(30)4-3-5-22(24)31)20-10-12-37(2)27(20)25(18)36-29/h3-10,12,15-16,23H,11,13-14,32H2,1-2H3,(H,34,35,36). The van der Waals surface area contributed by atoms with Crippen molar-refractivity contribution < 1.29 is 13.6 Å². The van der Waals surface area contributed by atoms with E-state index < -0.39 is 11.6 Å². The molecule has 2 atom stereocenters. The molecule has 0 bridgehead atoms. The van der Waals surface area contributed by atoms with Crippen LogP contribution in [-0.4, -0.2) is 49.7 Å². The molecule has 1 fully saturated rings. The molecule has 2 aliphatic heterocycles. The first-order chi connectivity index (χ1) is 18.8. The predicted molar refractivity (Wildman–Crippen MR) is 145 cm³/mol. The summed E-state index contributed by atoms with van der Waals surface area (Å²) in [4.78, 5) is 28.5. The van der Waals surface area contributed by atoms with E-state index in [1.54, 1.807) is 36.5 Å². The Morgan fingerprint density at radius 2 is 1.85 bits per heavy atom. The molecule has 6 rings (SSSR count). The van der Waals surface area contributed by atoms with Crippen LogP contribution in [0.15, 0.2) is 65.9 Å². The lowest BCUT2D eigenvalue weighted by Crippen LogP contribution is -2.40. The van der Waals surface area contributed by atoms with E-state index in [-0.39, 0.29) is 35.8 Å². The fraction of sp³-hybridized carbons (Fsp3) is 0.241. The SMILES string of the molecule is CC1C(N)CCN1C(=O)c1ccc(Nc2ncc3c(n2)-c2c(ccn2C)C(c2c(F)cccc2F)=NC3)cc1. The summed E-state index contributed by atoms with van der Waals surface area (Å²) in [7, 11) is 1.85.